The first-order valence-corrected chi connectivity index (χ1v) is 13.0. The molecule has 0 fully saturated rings. The van der Waals surface area contributed by atoms with E-state index in [1.54, 1.807) is 45.0 Å². The van der Waals surface area contributed by atoms with Crippen molar-refractivity contribution >= 4 is 32.7 Å². The normalized spacial score (nSPS) is 13.0. The lowest BCUT2D eigenvalue weighted by molar-refractivity contribution is 0.0787. The van der Waals surface area contributed by atoms with Crippen LogP contribution in [-0.4, -0.2) is 24.7 Å². The molecule has 0 radical (unpaired) electrons. The van der Waals surface area contributed by atoms with Gasteiger partial charge in [-0.1, -0.05) is 24.3 Å². The predicted molar refractivity (Wildman–Crippen MR) is 154 cm³/mol. The number of aromatic amines is 2. The van der Waals surface area contributed by atoms with E-state index in [4.69, 9.17) is 5.73 Å². The van der Waals surface area contributed by atoms with E-state index in [1.165, 1.54) is 12.1 Å². The van der Waals surface area contributed by atoms with E-state index in [0.29, 0.717) is 44.6 Å². The summed E-state index contributed by atoms with van der Waals surface area (Å²) in [6.45, 7) is 4.85. The number of H-pyrrole nitrogens is 2. The van der Waals surface area contributed by atoms with Crippen molar-refractivity contribution in [3.8, 4) is 16.8 Å². The molecule has 0 aliphatic rings. The minimum atomic E-state index is -1.51. The fourth-order valence-corrected chi connectivity index (χ4v) is 5.55. The first kappa shape index (κ1) is 27.5. The smallest absolute Gasteiger partial charge is 0.333 e. The Kier molecular flexibility index (Phi) is 6.15. The molecule has 2 aromatic heterocycles. The number of aromatic nitrogens is 3. The number of aliphatic hydroxyl groups excluding tert-OH is 1. The Morgan fingerprint density at radius 2 is 1.67 bits per heavy atom. The number of aliphatic hydroxyl groups is 2. The molecule has 42 heavy (non-hydrogen) atoms. The van der Waals surface area contributed by atoms with Crippen molar-refractivity contribution in [3.05, 3.63) is 110 Å². The Labute approximate surface area is 235 Å². The monoisotopic (exact) mass is 574 g/mol. The molecular formula is C31H25F3N4O4. The van der Waals surface area contributed by atoms with Gasteiger partial charge in [0.1, 0.15) is 17.9 Å². The van der Waals surface area contributed by atoms with Crippen LogP contribution in [0.4, 0.5) is 13.2 Å². The lowest BCUT2D eigenvalue weighted by Gasteiger charge is -2.18. The first-order chi connectivity index (χ1) is 19.8. The molecule has 2 heterocycles. The minimum absolute atomic E-state index is 0.0740. The molecule has 0 saturated carbocycles. The third-order valence-electron chi connectivity index (χ3n) is 7.62. The summed E-state index contributed by atoms with van der Waals surface area (Å²) in [4.78, 5) is 31.9. The standard InChI is InChI=1S/C31H25F3N4O4/c1-13-16(5-4-6-23(13)38-29(40)19-10-15(32)11-21(34)26(19)37-30(38)41)24-20(33)12-18(28(35)39)27-25(24)17-8-7-14(31(2,3)42)9-22(17)36-27/h4-12,28,36,39,42H,35H2,1-3H3,(H,37,41). The van der Waals surface area contributed by atoms with Gasteiger partial charge in [0.15, 0.2) is 5.82 Å². The van der Waals surface area contributed by atoms with Crippen LogP contribution in [0, 0.1) is 24.4 Å². The Morgan fingerprint density at radius 3 is 2.36 bits per heavy atom. The average Bonchev–Trinajstić information content (AvgIpc) is 3.28. The van der Waals surface area contributed by atoms with E-state index in [2.05, 4.69) is 9.97 Å². The second kappa shape index (κ2) is 9.41. The number of hydrogen-bond donors (Lipinski definition) is 5. The number of nitrogens with zero attached hydrogens (tertiary/aromatic N) is 1. The molecule has 1 unspecified atom stereocenters. The highest BCUT2D eigenvalue weighted by Crippen LogP contribution is 2.42. The summed E-state index contributed by atoms with van der Waals surface area (Å²) in [5.74, 6) is -2.80. The highest BCUT2D eigenvalue weighted by atomic mass is 19.1. The van der Waals surface area contributed by atoms with Crippen LogP contribution in [0.5, 0.6) is 0 Å². The van der Waals surface area contributed by atoms with E-state index in [9.17, 15) is 28.6 Å². The lowest BCUT2D eigenvalue weighted by atomic mass is 9.91. The molecule has 6 aromatic rings. The maximum atomic E-state index is 16.0. The van der Waals surface area contributed by atoms with E-state index >= 15 is 4.39 Å². The van der Waals surface area contributed by atoms with E-state index in [1.807, 2.05) is 0 Å². The molecule has 0 spiro atoms. The number of halogens is 3. The van der Waals surface area contributed by atoms with Crippen molar-refractivity contribution in [2.45, 2.75) is 32.6 Å². The van der Waals surface area contributed by atoms with Gasteiger partial charge >= 0.3 is 5.69 Å². The Bertz CT molecular complexity index is 2210. The average molecular weight is 575 g/mol. The van der Waals surface area contributed by atoms with Crippen LogP contribution in [0.25, 0.3) is 49.5 Å². The summed E-state index contributed by atoms with van der Waals surface area (Å²) >= 11 is 0. The van der Waals surface area contributed by atoms with Crippen LogP contribution in [0.1, 0.15) is 36.8 Å². The summed E-state index contributed by atoms with van der Waals surface area (Å²) in [7, 11) is 0. The Morgan fingerprint density at radius 1 is 0.929 bits per heavy atom. The van der Waals surface area contributed by atoms with Crippen LogP contribution in [0.2, 0.25) is 0 Å². The molecule has 6 N–H and O–H groups in total. The maximum absolute atomic E-state index is 16.0. The third-order valence-corrected chi connectivity index (χ3v) is 7.62. The van der Waals surface area contributed by atoms with Gasteiger partial charge in [-0.05, 0) is 61.7 Å². The number of fused-ring (bicyclic) bond motifs is 4. The number of rotatable bonds is 4. The first-order valence-electron chi connectivity index (χ1n) is 13.0. The Hall–Kier alpha value is -4.71. The number of nitrogens with two attached hydrogens (primary N) is 1. The molecule has 8 nitrogen and oxygen atoms in total. The summed E-state index contributed by atoms with van der Waals surface area (Å²) in [5.41, 5.74) is 4.73. The molecule has 0 saturated heterocycles. The SMILES string of the molecule is Cc1c(-c2c(F)cc(C(N)O)c3[nH]c4cc(C(C)(C)O)ccc4c23)cccc1-n1c(=O)[nH]c2c(F)cc(F)cc2c1=O. The molecule has 0 amide bonds. The van der Waals surface area contributed by atoms with Crippen molar-refractivity contribution in [1.29, 1.82) is 0 Å². The third kappa shape index (κ3) is 4.13. The van der Waals surface area contributed by atoms with Crippen LogP contribution in [0.15, 0.2) is 64.2 Å². The molecular weight excluding hydrogens is 549 g/mol. The highest BCUT2D eigenvalue weighted by molar-refractivity contribution is 6.15. The van der Waals surface area contributed by atoms with Crippen LogP contribution >= 0.6 is 0 Å². The fourth-order valence-electron chi connectivity index (χ4n) is 5.55. The quantitative estimate of drug-likeness (QED) is 0.191. The Balaban J connectivity index is 1.69. The van der Waals surface area contributed by atoms with Gasteiger partial charge in [0.05, 0.1) is 27.7 Å². The van der Waals surface area contributed by atoms with Crippen LogP contribution in [0.3, 0.4) is 0 Å². The molecule has 11 heteroatoms. The van der Waals surface area contributed by atoms with Crippen molar-refractivity contribution in [1.82, 2.24) is 14.5 Å². The second-order valence-corrected chi connectivity index (χ2v) is 10.8. The zero-order chi connectivity index (χ0) is 30.2. The van der Waals surface area contributed by atoms with Crippen molar-refractivity contribution < 1.29 is 23.4 Å². The van der Waals surface area contributed by atoms with E-state index < -0.39 is 46.0 Å². The minimum Gasteiger partial charge on any atom is -0.386 e. The van der Waals surface area contributed by atoms with Gasteiger partial charge in [0.25, 0.3) is 5.56 Å². The number of nitrogens with one attached hydrogen (secondary N) is 2. The molecule has 0 bridgehead atoms. The highest BCUT2D eigenvalue weighted by Gasteiger charge is 2.25. The molecule has 4 aromatic carbocycles. The van der Waals surface area contributed by atoms with Gasteiger partial charge in [0.2, 0.25) is 0 Å². The summed E-state index contributed by atoms with van der Waals surface area (Å²) in [6.07, 6.45) is -1.51. The van der Waals surface area contributed by atoms with Crippen LogP contribution < -0.4 is 17.0 Å². The van der Waals surface area contributed by atoms with Gasteiger partial charge in [-0.25, -0.2) is 22.5 Å². The topological polar surface area (TPSA) is 137 Å². The van der Waals surface area contributed by atoms with Crippen molar-refractivity contribution in [2.75, 3.05) is 0 Å². The van der Waals surface area contributed by atoms with Gasteiger partial charge in [-0.15, -0.1) is 0 Å². The van der Waals surface area contributed by atoms with Crippen molar-refractivity contribution in [3.63, 3.8) is 0 Å². The van der Waals surface area contributed by atoms with Gasteiger partial charge in [-0.3, -0.25) is 4.79 Å². The van der Waals surface area contributed by atoms with E-state index in [0.717, 1.165) is 16.7 Å². The lowest BCUT2D eigenvalue weighted by Crippen LogP contribution is -2.34. The summed E-state index contributed by atoms with van der Waals surface area (Å²) in [5, 5.41) is 21.4. The molecule has 0 aliphatic carbocycles. The van der Waals surface area contributed by atoms with Crippen LogP contribution in [-0.2, 0) is 5.60 Å². The molecule has 214 valence electrons. The largest absolute Gasteiger partial charge is 0.386 e. The van der Waals surface area contributed by atoms with Gasteiger partial charge in [0, 0.05) is 33.5 Å². The molecule has 6 rings (SSSR count). The second-order valence-electron chi connectivity index (χ2n) is 10.8. The summed E-state index contributed by atoms with van der Waals surface area (Å²) in [6, 6.07) is 12.3. The molecule has 1 atom stereocenters. The van der Waals surface area contributed by atoms with E-state index in [-0.39, 0.29) is 22.2 Å². The number of benzene rings is 4. The van der Waals surface area contributed by atoms with Crippen molar-refractivity contribution in [2.24, 2.45) is 5.73 Å². The zero-order valence-corrected chi connectivity index (χ0v) is 22.6. The zero-order valence-electron chi connectivity index (χ0n) is 22.6. The van der Waals surface area contributed by atoms with Gasteiger partial charge < -0.3 is 25.9 Å². The maximum Gasteiger partial charge on any atom is 0.333 e. The summed E-state index contributed by atoms with van der Waals surface area (Å²) < 4.78 is 45.1. The predicted octanol–water partition coefficient (Wildman–Crippen LogP) is 4.88. The number of hydrogen-bond acceptors (Lipinski definition) is 5. The van der Waals surface area contributed by atoms with Gasteiger partial charge in [-0.2, -0.15) is 0 Å². The fraction of sp³-hybridized carbons (Fsp3) is 0.161. The molecule has 0 aliphatic heterocycles.